The van der Waals surface area contributed by atoms with Crippen LogP contribution in [0.4, 0.5) is 8.78 Å². The molecule has 1 heterocycles. The highest BCUT2D eigenvalue weighted by atomic mass is 19.1. The molecule has 0 fully saturated rings. The summed E-state index contributed by atoms with van der Waals surface area (Å²) in [6.45, 7) is 1.47. The van der Waals surface area contributed by atoms with Gasteiger partial charge in [0.15, 0.2) is 0 Å². The number of aromatic nitrogens is 4. The van der Waals surface area contributed by atoms with Crippen molar-refractivity contribution in [3.8, 4) is 5.69 Å². The second kappa shape index (κ2) is 6.53. The van der Waals surface area contributed by atoms with Crippen LogP contribution >= 0.6 is 0 Å². The zero-order valence-electron chi connectivity index (χ0n) is 12.6. The summed E-state index contributed by atoms with van der Waals surface area (Å²) in [7, 11) is 0. The van der Waals surface area contributed by atoms with Crippen LogP contribution in [-0.4, -0.2) is 26.2 Å². The minimum atomic E-state index is -0.940. The van der Waals surface area contributed by atoms with Gasteiger partial charge in [0.25, 0.3) is 0 Å². The molecule has 24 heavy (non-hydrogen) atoms. The molecule has 6 nitrogen and oxygen atoms in total. The monoisotopic (exact) mass is 330 g/mol. The SMILES string of the molecule is CC(OC(=O)c1cccc(-n2cnnn2)c1)c1cc(F)ccc1F. The van der Waals surface area contributed by atoms with Crippen LogP contribution < -0.4 is 0 Å². The maximum Gasteiger partial charge on any atom is 0.338 e. The third kappa shape index (κ3) is 3.27. The average molecular weight is 330 g/mol. The van der Waals surface area contributed by atoms with Gasteiger partial charge in [-0.1, -0.05) is 6.07 Å². The second-order valence-corrected chi connectivity index (χ2v) is 5.02. The quantitative estimate of drug-likeness (QED) is 0.688. The third-order valence-electron chi connectivity index (χ3n) is 3.38. The number of ether oxygens (including phenoxy) is 1. The molecule has 0 aliphatic carbocycles. The number of hydrogen-bond acceptors (Lipinski definition) is 5. The van der Waals surface area contributed by atoms with Crippen molar-refractivity contribution in [1.82, 2.24) is 20.2 Å². The van der Waals surface area contributed by atoms with Crippen molar-refractivity contribution in [2.24, 2.45) is 0 Å². The summed E-state index contributed by atoms with van der Waals surface area (Å²) in [5.41, 5.74) is 0.783. The van der Waals surface area contributed by atoms with Crippen LogP contribution in [0.3, 0.4) is 0 Å². The summed E-state index contributed by atoms with van der Waals surface area (Å²) in [4.78, 5) is 12.2. The van der Waals surface area contributed by atoms with Crippen molar-refractivity contribution < 1.29 is 18.3 Å². The maximum atomic E-state index is 13.7. The number of carbonyl (C=O) groups excluding carboxylic acids is 1. The van der Waals surface area contributed by atoms with E-state index in [-0.39, 0.29) is 11.1 Å². The Morgan fingerprint density at radius 3 is 2.79 bits per heavy atom. The van der Waals surface area contributed by atoms with Crippen LogP contribution in [0, 0.1) is 11.6 Å². The lowest BCUT2D eigenvalue weighted by molar-refractivity contribution is 0.0330. The fraction of sp³-hybridized carbons (Fsp3) is 0.125. The lowest BCUT2D eigenvalue weighted by atomic mass is 10.1. The zero-order chi connectivity index (χ0) is 17.1. The Balaban J connectivity index is 1.80. The molecule has 0 N–H and O–H groups in total. The standard InChI is InChI=1S/C16H12F2N4O2/c1-10(14-8-12(17)5-6-15(14)18)24-16(23)11-3-2-4-13(7-11)22-9-19-20-21-22/h2-10H,1H3. The molecule has 0 aliphatic heterocycles. The van der Waals surface area contributed by atoms with Gasteiger partial charge < -0.3 is 4.74 Å². The molecule has 0 amide bonds. The molecule has 2 aromatic carbocycles. The van der Waals surface area contributed by atoms with E-state index in [0.717, 1.165) is 18.2 Å². The first-order valence-corrected chi connectivity index (χ1v) is 7.04. The van der Waals surface area contributed by atoms with E-state index in [4.69, 9.17) is 4.74 Å². The van der Waals surface area contributed by atoms with Gasteiger partial charge in [-0.15, -0.1) is 5.10 Å². The molecule has 3 rings (SSSR count). The maximum absolute atomic E-state index is 13.7. The van der Waals surface area contributed by atoms with Crippen molar-refractivity contribution in [3.63, 3.8) is 0 Å². The number of halogens is 2. The van der Waals surface area contributed by atoms with E-state index in [2.05, 4.69) is 15.5 Å². The molecular weight excluding hydrogens is 318 g/mol. The van der Waals surface area contributed by atoms with Crippen LogP contribution in [0.25, 0.3) is 5.69 Å². The van der Waals surface area contributed by atoms with Crippen molar-refractivity contribution in [2.45, 2.75) is 13.0 Å². The smallest absolute Gasteiger partial charge is 0.338 e. The van der Waals surface area contributed by atoms with E-state index >= 15 is 0 Å². The van der Waals surface area contributed by atoms with Crippen molar-refractivity contribution in [1.29, 1.82) is 0 Å². The molecule has 122 valence electrons. The molecule has 0 radical (unpaired) electrons. The van der Waals surface area contributed by atoms with E-state index in [1.165, 1.54) is 24.0 Å². The molecule has 3 aromatic rings. The summed E-state index contributed by atoms with van der Waals surface area (Å²) in [6.07, 6.45) is 0.444. The van der Waals surface area contributed by atoms with Gasteiger partial charge in [0.1, 0.15) is 24.1 Å². The molecule has 0 saturated heterocycles. The highest BCUT2D eigenvalue weighted by Crippen LogP contribution is 2.23. The summed E-state index contributed by atoms with van der Waals surface area (Å²) in [5, 5.41) is 10.8. The van der Waals surface area contributed by atoms with Crippen molar-refractivity contribution in [3.05, 3.63) is 71.6 Å². The van der Waals surface area contributed by atoms with Gasteiger partial charge in [0, 0.05) is 5.56 Å². The highest BCUT2D eigenvalue weighted by Gasteiger charge is 2.18. The molecule has 1 atom stereocenters. The minimum Gasteiger partial charge on any atom is -0.454 e. The Morgan fingerprint density at radius 2 is 2.04 bits per heavy atom. The first-order valence-electron chi connectivity index (χ1n) is 7.04. The fourth-order valence-corrected chi connectivity index (χ4v) is 2.17. The highest BCUT2D eigenvalue weighted by molar-refractivity contribution is 5.90. The summed E-state index contributed by atoms with van der Waals surface area (Å²) in [6, 6.07) is 9.43. The number of hydrogen-bond donors (Lipinski definition) is 0. The van der Waals surface area contributed by atoms with Crippen LogP contribution in [0.1, 0.15) is 28.9 Å². The van der Waals surface area contributed by atoms with E-state index in [9.17, 15) is 13.6 Å². The van der Waals surface area contributed by atoms with E-state index in [1.54, 1.807) is 18.2 Å². The first kappa shape index (κ1) is 15.7. The second-order valence-electron chi connectivity index (χ2n) is 5.02. The zero-order valence-corrected chi connectivity index (χ0v) is 12.6. The number of carbonyl (C=O) groups is 1. The predicted molar refractivity (Wildman–Crippen MR) is 79.3 cm³/mol. The number of rotatable bonds is 4. The van der Waals surface area contributed by atoms with Gasteiger partial charge in [0.2, 0.25) is 0 Å². The Kier molecular flexibility index (Phi) is 4.28. The first-order chi connectivity index (χ1) is 11.5. The van der Waals surface area contributed by atoms with Gasteiger partial charge in [-0.3, -0.25) is 0 Å². The van der Waals surface area contributed by atoms with Gasteiger partial charge in [-0.05, 0) is 53.7 Å². The molecular formula is C16H12F2N4O2. The average Bonchev–Trinajstić information content (AvgIpc) is 3.11. The topological polar surface area (TPSA) is 69.9 Å². The fourth-order valence-electron chi connectivity index (χ4n) is 2.17. The molecule has 1 aromatic heterocycles. The number of nitrogens with zero attached hydrogens (tertiary/aromatic N) is 4. The van der Waals surface area contributed by atoms with Crippen molar-refractivity contribution in [2.75, 3.05) is 0 Å². The summed E-state index contributed by atoms with van der Waals surface area (Å²) >= 11 is 0. The lowest BCUT2D eigenvalue weighted by Gasteiger charge is -2.15. The normalized spacial score (nSPS) is 12.0. The Bertz CT molecular complexity index is 868. The largest absolute Gasteiger partial charge is 0.454 e. The number of tetrazole rings is 1. The molecule has 8 heteroatoms. The minimum absolute atomic E-state index is 0.0278. The summed E-state index contributed by atoms with van der Waals surface area (Å²) in [5.74, 6) is -1.91. The molecule has 0 saturated carbocycles. The molecule has 0 bridgehead atoms. The van der Waals surface area contributed by atoms with Gasteiger partial charge in [-0.2, -0.15) is 0 Å². The lowest BCUT2D eigenvalue weighted by Crippen LogP contribution is -2.11. The van der Waals surface area contributed by atoms with E-state index in [1.807, 2.05) is 0 Å². The number of esters is 1. The predicted octanol–water partition coefficient (Wildman–Crippen LogP) is 2.86. The van der Waals surface area contributed by atoms with E-state index < -0.39 is 23.7 Å². The number of benzene rings is 2. The van der Waals surface area contributed by atoms with Crippen LogP contribution in [-0.2, 0) is 4.74 Å². The van der Waals surface area contributed by atoms with E-state index in [0.29, 0.717) is 5.69 Å². The van der Waals surface area contributed by atoms with Crippen LogP contribution in [0.15, 0.2) is 48.8 Å². The van der Waals surface area contributed by atoms with Crippen LogP contribution in [0.2, 0.25) is 0 Å². The van der Waals surface area contributed by atoms with Gasteiger partial charge in [0.05, 0.1) is 11.3 Å². The van der Waals surface area contributed by atoms with Crippen molar-refractivity contribution >= 4 is 5.97 Å². The Morgan fingerprint density at radius 1 is 1.21 bits per heavy atom. The molecule has 1 unspecified atom stereocenters. The summed E-state index contributed by atoms with van der Waals surface area (Å²) < 4.78 is 33.6. The Labute approximate surface area is 135 Å². The van der Waals surface area contributed by atoms with Crippen LogP contribution in [0.5, 0.6) is 0 Å². The van der Waals surface area contributed by atoms with Gasteiger partial charge in [-0.25, -0.2) is 18.3 Å². The van der Waals surface area contributed by atoms with Gasteiger partial charge >= 0.3 is 5.97 Å². The third-order valence-corrected chi connectivity index (χ3v) is 3.38. The molecule has 0 spiro atoms. The Hall–Kier alpha value is -3.16. The molecule has 0 aliphatic rings.